The number of nitrogens with zero attached hydrogens (tertiary/aromatic N) is 3. The maximum atomic E-state index is 12.6. The molecule has 0 aliphatic rings. The van der Waals surface area contributed by atoms with E-state index in [1.54, 1.807) is 30.6 Å². The summed E-state index contributed by atoms with van der Waals surface area (Å²) in [6, 6.07) is 7.25. The number of hydrogen-bond donors (Lipinski definition) is 1. The topological polar surface area (TPSA) is 68.0 Å². The molecule has 0 bridgehead atoms. The highest BCUT2D eigenvalue weighted by Gasteiger charge is 2.12. The van der Waals surface area contributed by atoms with Crippen LogP contribution in [-0.2, 0) is 6.54 Å². The second-order valence-electron chi connectivity index (χ2n) is 5.41. The SMILES string of the molecule is Cc1ccc2c(=O)n(C[C@H](O)c3cccnc3)cnc2c1C. The predicted octanol–water partition coefficient (Wildman–Crippen LogP) is 2.14. The summed E-state index contributed by atoms with van der Waals surface area (Å²) >= 11 is 0. The Morgan fingerprint density at radius 1 is 1.27 bits per heavy atom. The molecule has 2 aromatic heterocycles. The molecule has 0 unspecified atom stereocenters. The highest BCUT2D eigenvalue weighted by Crippen LogP contribution is 2.17. The van der Waals surface area contributed by atoms with Crippen molar-refractivity contribution in [1.82, 2.24) is 14.5 Å². The molecule has 112 valence electrons. The van der Waals surface area contributed by atoms with E-state index in [0.29, 0.717) is 10.9 Å². The molecule has 5 heteroatoms. The van der Waals surface area contributed by atoms with Gasteiger partial charge in [-0.25, -0.2) is 4.98 Å². The summed E-state index contributed by atoms with van der Waals surface area (Å²) in [7, 11) is 0. The predicted molar refractivity (Wildman–Crippen MR) is 84.7 cm³/mol. The molecule has 0 spiro atoms. The van der Waals surface area contributed by atoms with Crippen LogP contribution in [-0.4, -0.2) is 19.6 Å². The van der Waals surface area contributed by atoms with Crippen LogP contribution >= 0.6 is 0 Å². The van der Waals surface area contributed by atoms with Gasteiger partial charge in [-0.1, -0.05) is 12.1 Å². The molecule has 0 aliphatic heterocycles. The van der Waals surface area contributed by atoms with Crippen molar-refractivity contribution >= 4 is 10.9 Å². The second kappa shape index (κ2) is 5.69. The van der Waals surface area contributed by atoms with Crippen LogP contribution in [0.5, 0.6) is 0 Å². The van der Waals surface area contributed by atoms with Gasteiger partial charge in [0.15, 0.2) is 0 Å². The summed E-state index contributed by atoms with van der Waals surface area (Å²) in [4.78, 5) is 20.9. The monoisotopic (exact) mass is 295 g/mol. The standard InChI is InChI=1S/C17H17N3O2/c1-11-5-6-14-16(12(11)2)19-10-20(17(14)22)9-15(21)13-4-3-7-18-8-13/h3-8,10,15,21H,9H2,1-2H3/t15-/m0/s1. The zero-order valence-corrected chi connectivity index (χ0v) is 12.5. The van der Waals surface area contributed by atoms with Gasteiger partial charge in [0.2, 0.25) is 0 Å². The lowest BCUT2D eigenvalue weighted by Gasteiger charge is -2.13. The minimum absolute atomic E-state index is 0.143. The lowest BCUT2D eigenvalue weighted by Crippen LogP contribution is -2.24. The van der Waals surface area contributed by atoms with E-state index >= 15 is 0 Å². The summed E-state index contributed by atoms with van der Waals surface area (Å²) < 4.78 is 1.44. The third-order valence-corrected chi connectivity index (χ3v) is 3.96. The third-order valence-electron chi connectivity index (χ3n) is 3.96. The van der Waals surface area contributed by atoms with Crippen molar-refractivity contribution in [3.05, 3.63) is 70.0 Å². The van der Waals surface area contributed by atoms with Gasteiger partial charge in [-0.15, -0.1) is 0 Å². The van der Waals surface area contributed by atoms with Gasteiger partial charge in [-0.2, -0.15) is 0 Å². The van der Waals surface area contributed by atoms with Crippen molar-refractivity contribution in [3.8, 4) is 0 Å². The maximum absolute atomic E-state index is 12.6. The van der Waals surface area contributed by atoms with Crippen molar-refractivity contribution < 1.29 is 5.11 Å². The fourth-order valence-corrected chi connectivity index (χ4v) is 2.47. The number of aliphatic hydroxyl groups excluding tert-OH is 1. The van der Waals surface area contributed by atoms with Crippen molar-refractivity contribution in [2.75, 3.05) is 0 Å². The van der Waals surface area contributed by atoms with Crippen LogP contribution in [0.4, 0.5) is 0 Å². The molecule has 0 fully saturated rings. The van der Waals surface area contributed by atoms with E-state index in [4.69, 9.17) is 0 Å². The highest BCUT2D eigenvalue weighted by molar-refractivity contribution is 5.81. The van der Waals surface area contributed by atoms with Gasteiger partial charge >= 0.3 is 0 Å². The van der Waals surface area contributed by atoms with Gasteiger partial charge in [0, 0.05) is 18.0 Å². The summed E-state index contributed by atoms with van der Waals surface area (Å²) in [5.41, 5.74) is 3.37. The molecular formula is C17H17N3O2. The van der Waals surface area contributed by atoms with Gasteiger partial charge in [-0.05, 0) is 37.1 Å². The average molecular weight is 295 g/mol. The van der Waals surface area contributed by atoms with Gasteiger partial charge in [0.1, 0.15) is 0 Å². The van der Waals surface area contributed by atoms with E-state index in [1.165, 1.54) is 10.9 Å². The van der Waals surface area contributed by atoms with Gasteiger partial charge < -0.3 is 5.11 Å². The number of pyridine rings is 1. The van der Waals surface area contributed by atoms with E-state index in [2.05, 4.69) is 9.97 Å². The van der Waals surface area contributed by atoms with E-state index in [0.717, 1.165) is 16.6 Å². The molecule has 0 radical (unpaired) electrons. The highest BCUT2D eigenvalue weighted by atomic mass is 16.3. The molecular weight excluding hydrogens is 278 g/mol. The summed E-state index contributed by atoms with van der Waals surface area (Å²) in [6.45, 7) is 4.10. The molecule has 0 saturated heterocycles. The average Bonchev–Trinajstić information content (AvgIpc) is 2.54. The van der Waals surface area contributed by atoms with Crippen molar-refractivity contribution in [1.29, 1.82) is 0 Å². The maximum Gasteiger partial charge on any atom is 0.261 e. The smallest absolute Gasteiger partial charge is 0.261 e. The van der Waals surface area contributed by atoms with Crippen LogP contribution in [0, 0.1) is 13.8 Å². The minimum atomic E-state index is -0.794. The van der Waals surface area contributed by atoms with E-state index < -0.39 is 6.10 Å². The molecule has 1 atom stereocenters. The van der Waals surface area contributed by atoms with E-state index in [9.17, 15) is 9.90 Å². The fraction of sp³-hybridized carbons (Fsp3) is 0.235. The Hall–Kier alpha value is -2.53. The Morgan fingerprint density at radius 3 is 2.82 bits per heavy atom. The largest absolute Gasteiger partial charge is 0.386 e. The second-order valence-corrected chi connectivity index (χ2v) is 5.41. The van der Waals surface area contributed by atoms with Crippen LogP contribution in [0.2, 0.25) is 0 Å². The first-order valence-electron chi connectivity index (χ1n) is 7.11. The summed E-state index contributed by atoms with van der Waals surface area (Å²) in [5.74, 6) is 0. The molecule has 5 nitrogen and oxygen atoms in total. The van der Waals surface area contributed by atoms with Gasteiger partial charge in [0.05, 0.1) is 29.9 Å². The lowest BCUT2D eigenvalue weighted by atomic mass is 10.1. The summed E-state index contributed by atoms with van der Waals surface area (Å²) in [6.07, 6.45) is 3.94. The van der Waals surface area contributed by atoms with Crippen LogP contribution in [0.3, 0.4) is 0 Å². The first-order chi connectivity index (χ1) is 10.6. The molecule has 0 amide bonds. The van der Waals surface area contributed by atoms with Crippen molar-refractivity contribution in [2.45, 2.75) is 26.5 Å². The van der Waals surface area contributed by atoms with Gasteiger partial charge in [0.25, 0.3) is 5.56 Å². The Bertz CT molecular complexity index is 872. The summed E-state index contributed by atoms with van der Waals surface area (Å²) in [5, 5.41) is 10.8. The Labute approximate surface area is 127 Å². The normalized spacial score (nSPS) is 12.5. The number of aryl methyl sites for hydroxylation is 2. The van der Waals surface area contributed by atoms with Crippen LogP contribution < -0.4 is 5.56 Å². The molecule has 1 N–H and O–H groups in total. The third kappa shape index (κ3) is 2.51. The van der Waals surface area contributed by atoms with Crippen LogP contribution in [0.15, 0.2) is 47.8 Å². The van der Waals surface area contributed by atoms with E-state index in [1.807, 2.05) is 19.9 Å². The van der Waals surface area contributed by atoms with Crippen LogP contribution in [0.25, 0.3) is 10.9 Å². The number of rotatable bonds is 3. The van der Waals surface area contributed by atoms with Crippen molar-refractivity contribution in [3.63, 3.8) is 0 Å². The number of aromatic nitrogens is 3. The molecule has 3 rings (SSSR count). The van der Waals surface area contributed by atoms with Crippen LogP contribution in [0.1, 0.15) is 22.8 Å². The Balaban J connectivity index is 2.01. The number of benzene rings is 1. The number of fused-ring (bicyclic) bond motifs is 1. The molecule has 2 heterocycles. The van der Waals surface area contributed by atoms with E-state index in [-0.39, 0.29) is 12.1 Å². The lowest BCUT2D eigenvalue weighted by molar-refractivity contribution is 0.154. The Kier molecular flexibility index (Phi) is 3.73. The quantitative estimate of drug-likeness (QED) is 0.804. The first-order valence-corrected chi connectivity index (χ1v) is 7.11. The van der Waals surface area contributed by atoms with Crippen molar-refractivity contribution in [2.24, 2.45) is 0 Å². The molecule has 22 heavy (non-hydrogen) atoms. The molecule has 3 aromatic rings. The zero-order valence-electron chi connectivity index (χ0n) is 12.5. The number of aliphatic hydroxyl groups is 1. The minimum Gasteiger partial charge on any atom is -0.386 e. The van der Waals surface area contributed by atoms with Gasteiger partial charge in [-0.3, -0.25) is 14.3 Å². The fourth-order valence-electron chi connectivity index (χ4n) is 2.47. The molecule has 1 aromatic carbocycles. The zero-order chi connectivity index (χ0) is 15.7. The molecule has 0 aliphatic carbocycles. The first kappa shape index (κ1) is 14.4. The number of hydrogen-bond acceptors (Lipinski definition) is 4. The molecule has 0 saturated carbocycles. The Morgan fingerprint density at radius 2 is 2.09 bits per heavy atom.